The van der Waals surface area contributed by atoms with Crippen LogP contribution < -0.4 is 10.6 Å². The van der Waals surface area contributed by atoms with Gasteiger partial charge in [0, 0.05) is 56.2 Å². The molecule has 55 heavy (non-hydrogen) atoms. The van der Waals surface area contributed by atoms with Crippen LogP contribution in [0.15, 0.2) is 24.3 Å². The van der Waals surface area contributed by atoms with Crippen molar-refractivity contribution in [3.05, 3.63) is 29.8 Å². The van der Waals surface area contributed by atoms with E-state index in [0.29, 0.717) is 37.6 Å². The van der Waals surface area contributed by atoms with E-state index in [0.717, 1.165) is 57.2 Å². The number of carbonyl (C=O) groups is 4. The van der Waals surface area contributed by atoms with Gasteiger partial charge in [0.1, 0.15) is 23.9 Å². The standard InChI is InChI=1S/C45H68N2O8/c1-27(48)53-35-25-37-42(6)20-18-38(54-28(2)49)41(4,5)36(42)17-22-43(37,7)44(8)21-16-32(39(35)44)45(9,55-29(3)50)19-13-23-46-34(40(51)52-10)24-30-26-47-33-15-12-11-14-31(30)33/h11-12,14-15,30,32,34-39,46-47H,13,16-26H2,1-10H3/t30?,32?,34-,35?,36?,37?,38-,39-,42-,43+,44+,45?/m0/s1. The molecule has 0 spiro atoms. The van der Waals surface area contributed by atoms with E-state index < -0.39 is 11.6 Å². The van der Waals surface area contributed by atoms with E-state index in [1.807, 2.05) is 12.1 Å². The van der Waals surface area contributed by atoms with Crippen LogP contribution in [0, 0.1) is 45.3 Å². The van der Waals surface area contributed by atoms with Crippen LogP contribution in [-0.4, -0.2) is 67.9 Å². The molecule has 2 N–H and O–H groups in total. The molecule has 6 unspecified atom stereocenters. The van der Waals surface area contributed by atoms with Gasteiger partial charge in [0.2, 0.25) is 0 Å². The van der Waals surface area contributed by atoms with E-state index in [4.69, 9.17) is 18.9 Å². The fourth-order valence-electron chi connectivity index (χ4n) is 13.7. The Morgan fingerprint density at radius 2 is 1.58 bits per heavy atom. The van der Waals surface area contributed by atoms with E-state index in [1.165, 1.54) is 33.4 Å². The number of anilines is 1. The Morgan fingerprint density at radius 1 is 0.891 bits per heavy atom. The van der Waals surface area contributed by atoms with Crippen LogP contribution in [0.3, 0.4) is 0 Å². The first-order chi connectivity index (χ1) is 25.8. The van der Waals surface area contributed by atoms with Gasteiger partial charge in [0.15, 0.2) is 0 Å². The zero-order chi connectivity index (χ0) is 40.1. The highest BCUT2D eigenvalue weighted by molar-refractivity contribution is 5.76. The predicted octanol–water partition coefficient (Wildman–Crippen LogP) is 7.98. The number of ether oxygens (including phenoxy) is 4. The molecule has 12 atom stereocenters. The topological polar surface area (TPSA) is 129 Å². The second-order valence-electron chi connectivity index (χ2n) is 19.4. The van der Waals surface area contributed by atoms with Crippen LogP contribution in [0.25, 0.3) is 0 Å². The zero-order valence-electron chi connectivity index (χ0n) is 35.2. The highest BCUT2D eigenvalue weighted by Crippen LogP contribution is 2.76. The molecule has 1 aromatic carbocycles. The molecule has 4 aliphatic carbocycles. The van der Waals surface area contributed by atoms with Gasteiger partial charge in [0.25, 0.3) is 0 Å². The average Bonchev–Trinajstić information content (AvgIpc) is 3.69. The lowest BCUT2D eigenvalue weighted by Crippen LogP contribution is -2.67. The Labute approximate surface area is 329 Å². The molecule has 1 aliphatic heterocycles. The van der Waals surface area contributed by atoms with E-state index >= 15 is 0 Å². The van der Waals surface area contributed by atoms with Gasteiger partial charge in [-0.25, -0.2) is 0 Å². The smallest absolute Gasteiger partial charge is 0.322 e. The van der Waals surface area contributed by atoms with Gasteiger partial charge in [-0.15, -0.1) is 0 Å². The molecule has 6 rings (SSSR count). The monoisotopic (exact) mass is 764 g/mol. The summed E-state index contributed by atoms with van der Waals surface area (Å²) in [6, 6.07) is 7.78. The average molecular weight is 765 g/mol. The third-order valence-corrected chi connectivity index (χ3v) is 16.3. The Kier molecular flexibility index (Phi) is 11.6. The van der Waals surface area contributed by atoms with Crippen molar-refractivity contribution in [1.29, 1.82) is 0 Å². The summed E-state index contributed by atoms with van der Waals surface area (Å²) in [7, 11) is 1.43. The quantitative estimate of drug-likeness (QED) is 0.123. The number of rotatable bonds is 12. The van der Waals surface area contributed by atoms with Gasteiger partial charge in [-0.2, -0.15) is 0 Å². The summed E-state index contributed by atoms with van der Waals surface area (Å²) in [5.41, 5.74) is 1.15. The van der Waals surface area contributed by atoms with Crippen LogP contribution in [-0.2, 0) is 38.1 Å². The van der Waals surface area contributed by atoms with Crippen LogP contribution >= 0.6 is 0 Å². The minimum atomic E-state index is -0.794. The molecule has 4 fully saturated rings. The molecular formula is C45H68N2O8. The molecular weight excluding hydrogens is 697 g/mol. The number of para-hydroxylation sites is 1. The number of hydrogen-bond donors (Lipinski definition) is 2. The minimum absolute atomic E-state index is 0.0114. The lowest BCUT2D eigenvalue weighted by molar-refractivity contribution is -0.253. The highest BCUT2D eigenvalue weighted by Gasteiger charge is 2.72. The normalized spacial score (nSPS) is 37.4. The molecule has 10 nitrogen and oxygen atoms in total. The number of carbonyl (C=O) groups excluding carboxylic acids is 4. The van der Waals surface area contributed by atoms with Gasteiger partial charge in [-0.05, 0) is 117 Å². The summed E-state index contributed by atoms with van der Waals surface area (Å²) < 4.78 is 24.0. The third kappa shape index (κ3) is 7.31. The summed E-state index contributed by atoms with van der Waals surface area (Å²) in [6.45, 7) is 19.9. The molecule has 10 heteroatoms. The minimum Gasteiger partial charge on any atom is -0.468 e. The highest BCUT2D eigenvalue weighted by atomic mass is 16.6. The molecule has 0 amide bonds. The van der Waals surface area contributed by atoms with E-state index in [9.17, 15) is 19.2 Å². The van der Waals surface area contributed by atoms with Crippen molar-refractivity contribution in [2.24, 2.45) is 45.3 Å². The van der Waals surface area contributed by atoms with E-state index in [1.54, 1.807) is 0 Å². The summed E-state index contributed by atoms with van der Waals surface area (Å²) in [4.78, 5) is 51.0. The maximum Gasteiger partial charge on any atom is 0.322 e. The molecule has 1 aromatic rings. The van der Waals surface area contributed by atoms with Gasteiger partial charge in [0.05, 0.1) is 7.11 Å². The summed E-state index contributed by atoms with van der Waals surface area (Å²) >= 11 is 0. The Hall–Kier alpha value is -3.14. The maximum atomic E-state index is 13.0. The first-order valence-corrected chi connectivity index (χ1v) is 21.0. The summed E-state index contributed by atoms with van der Waals surface area (Å²) in [6.07, 6.45) is 7.98. The SMILES string of the molecule is COC(=O)[C@H](CC1CNc2ccccc21)NCCCC(C)(OC(C)=O)C1CC[C@]2(C)[C@@H]1C(OC(C)=O)CC1[C@@]3(C)CC[C@H](OC(C)=O)C(C)(C)C3CC[C@]12C. The molecule has 0 aromatic heterocycles. The fourth-order valence-corrected chi connectivity index (χ4v) is 13.7. The van der Waals surface area contributed by atoms with Crippen molar-refractivity contribution in [1.82, 2.24) is 5.32 Å². The predicted molar refractivity (Wildman–Crippen MR) is 211 cm³/mol. The molecule has 0 radical (unpaired) electrons. The van der Waals surface area contributed by atoms with Crippen LogP contribution in [0.4, 0.5) is 5.69 Å². The molecule has 4 saturated carbocycles. The van der Waals surface area contributed by atoms with Crippen LogP contribution in [0.1, 0.15) is 138 Å². The van der Waals surface area contributed by atoms with Crippen molar-refractivity contribution in [3.63, 3.8) is 0 Å². The number of nitrogens with one attached hydrogen (secondary N) is 2. The number of esters is 4. The Morgan fingerprint density at radius 3 is 2.25 bits per heavy atom. The molecule has 0 saturated heterocycles. The first-order valence-electron chi connectivity index (χ1n) is 21.0. The molecule has 0 bridgehead atoms. The second kappa shape index (κ2) is 15.3. The number of hydrogen-bond acceptors (Lipinski definition) is 10. The lowest BCUT2D eigenvalue weighted by atomic mass is 9.35. The van der Waals surface area contributed by atoms with E-state index in [-0.39, 0.29) is 75.5 Å². The largest absolute Gasteiger partial charge is 0.468 e. The van der Waals surface area contributed by atoms with Crippen molar-refractivity contribution in [2.75, 3.05) is 25.5 Å². The second-order valence-corrected chi connectivity index (χ2v) is 19.4. The summed E-state index contributed by atoms with van der Waals surface area (Å²) in [5.74, 6) is -0.221. The van der Waals surface area contributed by atoms with Crippen LogP contribution in [0.2, 0.25) is 0 Å². The summed E-state index contributed by atoms with van der Waals surface area (Å²) in [5, 5.41) is 6.96. The maximum absolute atomic E-state index is 13.0. The van der Waals surface area contributed by atoms with Gasteiger partial charge in [-0.1, -0.05) is 52.8 Å². The number of methoxy groups -OCH3 is 1. The van der Waals surface area contributed by atoms with Gasteiger partial charge < -0.3 is 29.6 Å². The molecule has 5 aliphatic rings. The van der Waals surface area contributed by atoms with Crippen molar-refractivity contribution >= 4 is 29.6 Å². The number of fused-ring (bicyclic) bond motifs is 6. The van der Waals surface area contributed by atoms with Crippen molar-refractivity contribution in [2.45, 2.75) is 156 Å². The Balaban J connectivity index is 1.23. The zero-order valence-corrected chi connectivity index (χ0v) is 35.2. The number of benzene rings is 1. The Bertz CT molecular complexity index is 1630. The van der Waals surface area contributed by atoms with Gasteiger partial charge in [-0.3, -0.25) is 19.2 Å². The lowest BCUT2D eigenvalue weighted by Gasteiger charge is -2.70. The fraction of sp³-hybridized carbons (Fsp3) is 0.778. The van der Waals surface area contributed by atoms with Crippen molar-refractivity contribution < 1.29 is 38.1 Å². The van der Waals surface area contributed by atoms with Gasteiger partial charge >= 0.3 is 23.9 Å². The van der Waals surface area contributed by atoms with Crippen LogP contribution in [0.5, 0.6) is 0 Å². The molecule has 306 valence electrons. The first kappa shape index (κ1) is 41.5. The van der Waals surface area contributed by atoms with Crippen molar-refractivity contribution in [3.8, 4) is 0 Å². The molecule has 1 heterocycles. The van der Waals surface area contributed by atoms with E-state index in [2.05, 4.69) is 64.3 Å². The third-order valence-electron chi connectivity index (χ3n) is 16.3.